The number of carbonyl (C=O) groups excluding carboxylic acids is 2. The molecule has 0 spiro atoms. The van der Waals surface area contributed by atoms with Gasteiger partial charge in [-0.25, -0.2) is 0 Å². The summed E-state index contributed by atoms with van der Waals surface area (Å²) in [4.78, 5) is 28.8. The molecule has 1 aromatic carbocycles. The Bertz CT molecular complexity index is 723. The van der Waals surface area contributed by atoms with Crippen LogP contribution >= 0.6 is 0 Å². The van der Waals surface area contributed by atoms with Crippen LogP contribution in [0, 0.1) is 0 Å². The molecule has 0 saturated heterocycles. The first-order valence-corrected chi connectivity index (χ1v) is 9.09. The van der Waals surface area contributed by atoms with Crippen molar-refractivity contribution in [2.24, 2.45) is 5.11 Å². The van der Waals surface area contributed by atoms with E-state index in [9.17, 15) is 9.59 Å². The van der Waals surface area contributed by atoms with E-state index >= 15 is 0 Å². The molecule has 140 valence electrons. The highest BCUT2D eigenvalue weighted by Gasteiger charge is 2.44. The van der Waals surface area contributed by atoms with Gasteiger partial charge in [-0.05, 0) is 45.2 Å². The zero-order valence-electron chi connectivity index (χ0n) is 15.7. The maximum Gasteiger partial charge on any atom is 0.305 e. The van der Waals surface area contributed by atoms with Gasteiger partial charge in [-0.3, -0.25) is 9.59 Å². The molecule has 0 aromatic heterocycles. The van der Waals surface area contributed by atoms with Gasteiger partial charge in [0.15, 0.2) is 0 Å². The highest BCUT2D eigenvalue weighted by molar-refractivity contribution is 6.09. The molecule has 1 aromatic rings. The molecule has 2 rings (SSSR count). The zero-order valence-corrected chi connectivity index (χ0v) is 15.7. The number of anilines is 1. The minimum Gasteiger partial charge on any atom is -0.466 e. The van der Waals surface area contributed by atoms with Gasteiger partial charge >= 0.3 is 5.97 Å². The van der Waals surface area contributed by atoms with E-state index in [1.807, 2.05) is 26.0 Å². The van der Waals surface area contributed by atoms with Crippen molar-refractivity contribution in [2.75, 3.05) is 18.1 Å². The molecule has 0 bridgehead atoms. The summed E-state index contributed by atoms with van der Waals surface area (Å²) in [7, 11) is 0. The number of benzene rings is 1. The molecule has 0 atom stereocenters. The van der Waals surface area contributed by atoms with Crippen molar-refractivity contribution in [2.45, 2.75) is 58.3 Å². The molecule has 26 heavy (non-hydrogen) atoms. The smallest absolute Gasteiger partial charge is 0.305 e. The molecular formula is C19H26N4O3. The van der Waals surface area contributed by atoms with Gasteiger partial charge in [0.25, 0.3) is 0 Å². The first kappa shape index (κ1) is 19.8. The fraction of sp³-hybridized carbons (Fsp3) is 0.579. The van der Waals surface area contributed by atoms with Gasteiger partial charge in [0.2, 0.25) is 5.91 Å². The van der Waals surface area contributed by atoms with Crippen LogP contribution in [-0.4, -0.2) is 25.0 Å². The number of nitrogens with zero attached hydrogens (tertiary/aromatic N) is 4. The first-order valence-electron chi connectivity index (χ1n) is 9.09. The van der Waals surface area contributed by atoms with Gasteiger partial charge in [-0.2, -0.15) is 0 Å². The van der Waals surface area contributed by atoms with Crippen molar-refractivity contribution < 1.29 is 14.3 Å². The predicted octanol–water partition coefficient (Wildman–Crippen LogP) is 4.77. The summed E-state index contributed by atoms with van der Waals surface area (Å²) in [6.45, 7) is 6.57. The fourth-order valence-corrected chi connectivity index (χ4v) is 3.43. The van der Waals surface area contributed by atoms with Crippen molar-refractivity contribution in [3.05, 3.63) is 34.2 Å². The average Bonchev–Trinajstić information content (AvgIpc) is 2.79. The van der Waals surface area contributed by atoms with E-state index in [-0.39, 0.29) is 11.9 Å². The number of hydrogen-bond donors (Lipinski definition) is 0. The molecule has 7 nitrogen and oxygen atoms in total. The SMILES string of the molecule is CCOC(=O)CCCCCCN1C(=O)C(C)(C)c2c(N=[N+]=[N-])cccc21. The molecule has 0 saturated carbocycles. The van der Waals surface area contributed by atoms with Crippen molar-refractivity contribution in [3.8, 4) is 0 Å². The van der Waals surface area contributed by atoms with E-state index in [2.05, 4.69) is 10.0 Å². The summed E-state index contributed by atoms with van der Waals surface area (Å²) in [6.07, 6.45) is 3.97. The van der Waals surface area contributed by atoms with Crippen molar-refractivity contribution in [1.82, 2.24) is 0 Å². The first-order chi connectivity index (χ1) is 12.4. The van der Waals surface area contributed by atoms with Gasteiger partial charge in [0, 0.05) is 34.8 Å². The van der Waals surface area contributed by atoms with E-state index in [0.29, 0.717) is 25.3 Å². The number of amides is 1. The Balaban J connectivity index is 1.96. The van der Waals surface area contributed by atoms with Crippen LogP contribution in [0.4, 0.5) is 11.4 Å². The summed E-state index contributed by atoms with van der Waals surface area (Å²) in [5, 5.41) is 3.75. The molecule has 7 heteroatoms. The van der Waals surface area contributed by atoms with Gasteiger partial charge < -0.3 is 9.64 Å². The van der Waals surface area contributed by atoms with Crippen LogP contribution in [0.1, 0.15) is 58.4 Å². The number of carbonyl (C=O) groups is 2. The lowest BCUT2D eigenvalue weighted by molar-refractivity contribution is -0.143. The van der Waals surface area contributed by atoms with Gasteiger partial charge in [-0.1, -0.05) is 30.1 Å². The van der Waals surface area contributed by atoms with Crippen LogP contribution in [0.25, 0.3) is 10.4 Å². The Morgan fingerprint density at radius 2 is 2.00 bits per heavy atom. The third-order valence-electron chi connectivity index (χ3n) is 4.69. The number of fused-ring (bicyclic) bond motifs is 1. The molecule has 0 unspecified atom stereocenters. The fourth-order valence-electron chi connectivity index (χ4n) is 3.43. The van der Waals surface area contributed by atoms with Crippen LogP contribution < -0.4 is 4.90 Å². The van der Waals surface area contributed by atoms with Crippen LogP contribution in [0.3, 0.4) is 0 Å². The predicted molar refractivity (Wildman–Crippen MR) is 100 cm³/mol. The molecular weight excluding hydrogens is 332 g/mol. The Morgan fingerprint density at radius 3 is 2.69 bits per heavy atom. The number of rotatable bonds is 9. The second kappa shape index (κ2) is 8.72. The summed E-state index contributed by atoms with van der Waals surface area (Å²) in [6, 6.07) is 5.45. The van der Waals surface area contributed by atoms with Gasteiger partial charge in [-0.15, -0.1) is 0 Å². The number of ether oxygens (including phenoxy) is 1. The van der Waals surface area contributed by atoms with Gasteiger partial charge in [0.1, 0.15) is 0 Å². The lowest BCUT2D eigenvalue weighted by Gasteiger charge is -2.20. The van der Waals surface area contributed by atoms with Crippen LogP contribution in [-0.2, 0) is 19.7 Å². The topological polar surface area (TPSA) is 95.4 Å². The van der Waals surface area contributed by atoms with Crippen LogP contribution in [0.2, 0.25) is 0 Å². The summed E-state index contributed by atoms with van der Waals surface area (Å²) >= 11 is 0. The highest BCUT2D eigenvalue weighted by atomic mass is 16.5. The van der Waals surface area contributed by atoms with E-state index in [1.54, 1.807) is 17.9 Å². The second-order valence-corrected chi connectivity index (χ2v) is 6.91. The molecule has 1 aliphatic rings. The lowest BCUT2D eigenvalue weighted by Crippen LogP contribution is -2.36. The normalized spacial score (nSPS) is 14.7. The van der Waals surface area contributed by atoms with E-state index in [0.717, 1.165) is 36.9 Å². The van der Waals surface area contributed by atoms with Crippen molar-refractivity contribution in [3.63, 3.8) is 0 Å². The van der Waals surface area contributed by atoms with Crippen LogP contribution in [0.15, 0.2) is 23.3 Å². The highest BCUT2D eigenvalue weighted by Crippen LogP contribution is 2.46. The Hall–Kier alpha value is -2.53. The molecule has 0 aliphatic carbocycles. The van der Waals surface area contributed by atoms with Gasteiger partial charge in [0.05, 0.1) is 12.0 Å². The molecule has 0 N–H and O–H groups in total. The number of esters is 1. The third kappa shape index (κ3) is 4.17. The summed E-state index contributed by atoms with van der Waals surface area (Å²) < 4.78 is 4.91. The summed E-state index contributed by atoms with van der Waals surface area (Å²) in [5.74, 6) is -0.122. The van der Waals surface area contributed by atoms with Crippen molar-refractivity contribution >= 4 is 23.3 Å². The number of unbranched alkanes of at least 4 members (excludes halogenated alkanes) is 3. The molecule has 0 fully saturated rings. The Morgan fingerprint density at radius 1 is 1.27 bits per heavy atom. The maximum atomic E-state index is 12.9. The second-order valence-electron chi connectivity index (χ2n) is 6.91. The zero-order chi connectivity index (χ0) is 19.2. The summed E-state index contributed by atoms with van der Waals surface area (Å²) in [5.41, 5.74) is 10.2. The lowest BCUT2D eigenvalue weighted by atomic mass is 9.85. The molecule has 1 heterocycles. The maximum absolute atomic E-state index is 12.9. The Kier molecular flexibility index (Phi) is 6.64. The minimum atomic E-state index is -0.704. The van der Waals surface area contributed by atoms with Crippen molar-refractivity contribution in [1.29, 1.82) is 0 Å². The van der Waals surface area contributed by atoms with Crippen LogP contribution in [0.5, 0.6) is 0 Å². The van der Waals surface area contributed by atoms with E-state index < -0.39 is 5.41 Å². The molecule has 1 aliphatic heterocycles. The standard InChI is InChI=1S/C19H26N4O3/c1-4-26-16(24)12-7-5-6-8-13-23-15-11-9-10-14(21-22-20)17(15)19(2,3)18(23)25/h9-11H,4-8,12-13H2,1-3H3. The third-order valence-corrected chi connectivity index (χ3v) is 4.69. The Labute approximate surface area is 153 Å². The molecule has 0 radical (unpaired) electrons. The average molecular weight is 358 g/mol. The monoisotopic (exact) mass is 358 g/mol. The number of hydrogen-bond acceptors (Lipinski definition) is 4. The van der Waals surface area contributed by atoms with E-state index in [4.69, 9.17) is 10.3 Å². The molecule has 1 amide bonds. The minimum absolute atomic E-state index is 0.0274. The quantitative estimate of drug-likeness (QED) is 0.209. The van der Waals surface area contributed by atoms with E-state index in [1.165, 1.54) is 0 Å². The largest absolute Gasteiger partial charge is 0.466 e. The number of azide groups is 1.